The van der Waals surface area contributed by atoms with E-state index in [1.54, 1.807) is 6.92 Å². The monoisotopic (exact) mass is 299 g/mol. The highest BCUT2D eigenvalue weighted by Crippen LogP contribution is 2.06. The fourth-order valence-electron chi connectivity index (χ4n) is 0.822. The zero-order chi connectivity index (χ0) is 16.5. The summed E-state index contributed by atoms with van der Waals surface area (Å²) in [6.07, 6.45) is 0.123. The number of rotatable bonds is 5. The van der Waals surface area contributed by atoms with E-state index >= 15 is 0 Å². The summed E-state index contributed by atoms with van der Waals surface area (Å²) in [5.74, 6) is -0.179. The lowest BCUT2D eigenvalue weighted by Crippen LogP contribution is -2.11. The van der Waals surface area contributed by atoms with Crippen LogP contribution in [0.4, 0.5) is 4.79 Å². The third kappa shape index (κ3) is 20.0. The maximum Gasteiger partial charge on any atom is 0.404 e. The van der Waals surface area contributed by atoms with Crippen LogP contribution in [0.2, 0.25) is 0 Å². The molecular formula is C14H21NO6. The van der Waals surface area contributed by atoms with E-state index < -0.39 is 12.1 Å². The van der Waals surface area contributed by atoms with E-state index in [4.69, 9.17) is 14.9 Å². The summed E-state index contributed by atoms with van der Waals surface area (Å²) in [7, 11) is 0. The SMILES string of the molecule is C=CC(=O)O.CCOC(N)=O.OCCOc1ccccc1. The minimum atomic E-state index is -0.981. The number of hydrogen-bond donors (Lipinski definition) is 3. The second-order valence-corrected chi connectivity index (χ2v) is 3.18. The fraction of sp³-hybridized carbons (Fsp3) is 0.286. The van der Waals surface area contributed by atoms with Crippen LogP contribution in [0, 0.1) is 0 Å². The summed E-state index contributed by atoms with van der Waals surface area (Å²) < 4.78 is 9.29. The number of carbonyl (C=O) groups is 2. The molecule has 0 aliphatic heterocycles. The van der Waals surface area contributed by atoms with E-state index in [9.17, 15) is 9.59 Å². The van der Waals surface area contributed by atoms with Crippen molar-refractivity contribution in [3.63, 3.8) is 0 Å². The number of benzene rings is 1. The van der Waals surface area contributed by atoms with Crippen LogP contribution in [0.5, 0.6) is 5.75 Å². The van der Waals surface area contributed by atoms with Gasteiger partial charge in [-0.3, -0.25) is 0 Å². The first kappa shape index (κ1) is 20.8. The van der Waals surface area contributed by atoms with Gasteiger partial charge in [0, 0.05) is 6.08 Å². The lowest BCUT2D eigenvalue weighted by atomic mass is 10.3. The molecule has 21 heavy (non-hydrogen) atoms. The molecule has 0 saturated carbocycles. The normalized spacial score (nSPS) is 8.10. The predicted octanol–water partition coefficient (Wildman–Crippen LogP) is 1.42. The summed E-state index contributed by atoms with van der Waals surface area (Å²) in [6.45, 7) is 5.45. The highest BCUT2D eigenvalue weighted by atomic mass is 16.5. The number of carbonyl (C=O) groups excluding carboxylic acids is 1. The largest absolute Gasteiger partial charge is 0.491 e. The molecule has 1 aromatic rings. The van der Waals surface area contributed by atoms with Gasteiger partial charge >= 0.3 is 12.1 Å². The Hall–Kier alpha value is -2.54. The number of aliphatic hydroxyl groups is 1. The van der Waals surface area contributed by atoms with Gasteiger partial charge < -0.3 is 25.4 Å². The molecule has 118 valence electrons. The smallest absolute Gasteiger partial charge is 0.404 e. The van der Waals surface area contributed by atoms with Crippen molar-refractivity contribution in [1.82, 2.24) is 0 Å². The minimum absolute atomic E-state index is 0.0644. The van der Waals surface area contributed by atoms with Crippen LogP contribution in [0.25, 0.3) is 0 Å². The molecule has 1 rings (SSSR count). The van der Waals surface area contributed by atoms with Gasteiger partial charge in [-0.15, -0.1) is 0 Å². The molecule has 0 fully saturated rings. The zero-order valence-electron chi connectivity index (χ0n) is 11.9. The number of amides is 1. The van der Waals surface area contributed by atoms with Crippen molar-refractivity contribution in [3.8, 4) is 5.75 Å². The molecule has 0 aliphatic carbocycles. The van der Waals surface area contributed by atoms with Crippen molar-refractivity contribution >= 4 is 12.1 Å². The molecule has 0 heterocycles. The maximum absolute atomic E-state index is 9.60. The second kappa shape index (κ2) is 15.5. The quantitative estimate of drug-likeness (QED) is 0.707. The van der Waals surface area contributed by atoms with Crippen LogP contribution in [0.15, 0.2) is 43.0 Å². The van der Waals surface area contributed by atoms with Gasteiger partial charge in [-0.1, -0.05) is 24.8 Å². The Bertz CT molecular complexity index is 394. The van der Waals surface area contributed by atoms with Crippen molar-refractivity contribution < 1.29 is 29.3 Å². The Balaban J connectivity index is 0. The molecule has 0 radical (unpaired) electrons. The van der Waals surface area contributed by atoms with Gasteiger partial charge in [-0.05, 0) is 19.1 Å². The van der Waals surface area contributed by atoms with Crippen LogP contribution in [-0.4, -0.2) is 42.1 Å². The van der Waals surface area contributed by atoms with E-state index in [-0.39, 0.29) is 6.61 Å². The molecule has 0 aromatic heterocycles. The first-order valence-electron chi connectivity index (χ1n) is 6.04. The van der Waals surface area contributed by atoms with Crippen LogP contribution in [0.1, 0.15) is 6.92 Å². The maximum atomic E-state index is 9.60. The van der Waals surface area contributed by atoms with Gasteiger partial charge in [0.15, 0.2) is 0 Å². The van der Waals surface area contributed by atoms with Crippen LogP contribution >= 0.6 is 0 Å². The molecule has 1 amide bonds. The summed E-state index contributed by atoms with van der Waals surface area (Å²) in [6, 6.07) is 9.43. The number of hydrogen-bond acceptors (Lipinski definition) is 5. The van der Waals surface area contributed by atoms with Crippen molar-refractivity contribution in [1.29, 1.82) is 0 Å². The summed E-state index contributed by atoms with van der Waals surface area (Å²) >= 11 is 0. The van der Waals surface area contributed by atoms with Gasteiger partial charge in [0.1, 0.15) is 12.4 Å². The molecule has 7 heteroatoms. The molecular weight excluding hydrogens is 278 g/mol. The predicted molar refractivity (Wildman–Crippen MR) is 78.1 cm³/mol. The van der Waals surface area contributed by atoms with Gasteiger partial charge in [-0.25, -0.2) is 9.59 Å². The number of aliphatic hydroxyl groups excluding tert-OH is 1. The summed E-state index contributed by atoms with van der Waals surface area (Å²) in [4.78, 5) is 18.8. The van der Waals surface area contributed by atoms with Crippen LogP contribution in [0.3, 0.4) is 0 Å². The number of aliphatic carboxylic acids is 1. The van der Waals surface area contributed by atoms with E-state index in [1.807, 2.05) is 30.3 Å². The Morgan fingerprint density at radius 3 is 2.14 bits per heavy atom. The Morgan fingerprint density at radius 1 is 1.33 bits per heavy atom. The highest BCUT2D eigenvalue weighted by Gasteiger charge is 1.87. The molecule has 0 spiro atoms. The van der Waals surface area contributed by atoms with Gasteiger partial charge in [0.05, 0.1) is 13.2 Å². The highest BCUT2D eigenvalue weighted by molar-refractivity contribution is 5.78. The molecule has 0 unspecified atom stereocenters. The average molecular weight is 299 g/mol. The summed E-state index contributed by atoms with van der Waals surface area (Å²) in [5, 5.41) is 16.0. The number of primary amides is 1. The number of carboxylic acids is 1. The fourth-order valence-corrected chi connectivity index (χ4v) is 0.822. The third-order valence-corrected chi connectivity index (χ3v) is 1.56. The van der Waals surface area contributed by atoms with E-state index in [2.05, 4.69) is 17.0 Å². The van der Waals surface area contributed by atoms with Crippen molar-refractivity contribution in [2.24, 2.45) is 5.73 Å². The van der Waals surface area contributed by atoms with Crippen LogP contribution in [-0.2, 0) is 9.53 Å². The van der Waals surface area contributed by atoms with Crippen molar-refractivity contribution in [2.75, 3.05) is 19.8 Å². The molecule has 0 saturated heterocycles. The first-order chi connectivity index (χ1) is 9.97. The number of ether oxygens (including phenoxy) is 2. The van der Waals surface area contributed by atoms with Crippen LogP contribution < -0.4 is 10.5 Å². The minimum Gasteiger partial charge on any atom is -0.491 e. The Kier molecular flexibility index (Phi) is 15.3. The molecule has 4 N–H and O–H groups in total. The summed E-state index contributed by atoms with van der Waals surface area (Å²) in [5.41, 5.74) is 4.54. The number of nitrogens with two attached hydrogens (primary N) is 1. The third-order valence-electron chi connectivity index (χ3n) is 1.56. The average Bonchev–Trinajstić information content (AvgIpc) is 2.47. The van der Waals surface area contributed by atoms with Gasteiger partial charge in [0.25, 0.3) is 0 Å². The van der Waals surface area contributed by atoms with E-state index in [1.165, 1.54) is 0 Å². The van der Waals surface area contributed by atoms with E-state index in [0.717, 1.165) is 11.8 Å². The lowest BCUT2D eigenvalue weighted by molar-refractivity contribution is -0.131. The first-order valence-corrected chi connectivity index (χ1v) is 6.04. The molecule has 7 nitrogen and oxygen atoms in total. The second-order valence-electron chi connectivity index (χ2n) is 3.18. The zero-order valence-corrected chi connectivity index (χ0v) is 11.9. The molecule has 0 aliphatic rings. The Morgan fingerprint density at radius 2 is 1.86 bits per heavy atom. The van der Waals surface area contributed by atoms with Gasteiger partial charge in [0.2, 0.25) is 0 Å². The van der Waals surface area contributed by atoms with Crippen molar-refractivity contribution in [3.05, 3.63) is 43.0 Å². The molecule has 0 atom stereocenters. The Labute approximate surface area is 123 Å². The van der Waals surface area contributed by atoms with Gasteiger partial charge in [-0.2, -0.15) is 0 Å². The lowest BCUT2D eigenvalue weighted by Gasteiger charge is -2.01. The number of carboxylic acid groups (broad SMARTS) is 1. The molecule has 1 aromatic carbocycles. The number of para-hydroxylation sites is 1. The van der Waals surface area contributed by atoms with E-state index in [0.29, 0.717) is 13.2 Å². The molecule has 0 bridgehead atoms. The van der Waals surface area contributed by atoms with Crippen molar-refractivity contribution in [2.45, 2.75) is 6.92 Å². The standard InChI is InChI=1S/C8H10O2.C3H7NO2.C3H4O2/c9-6-7-10-8-4-2-1-3-5-8;1-2-6-3(4)5;1-2-3(4)5/h1-5,9H,6-7H2;2H2,1H3,(H2,4,5);2H,1H2,(H,4,5). The topological polar surface area (TPSA) is 119 Å².